The number of rotatable bonds is 4. The van der Waals surface area contributed by atoms with Crippen molar-refractivity contribution in [3.8, 4) is 0 Å². The third-order valence-electron chi connectivity index (χ3n) is 3.64. The minimum absolute atomic E-state index is 0.0111. The molecule has 0 aliphatic carbocycles. The summed E-state index contributed by atoms with van der Waals surface area (Å²) in [5, 5.41) is 2.79. The van der Waals surface area contributed by atoms with Crippen molar-refractivity contribution >= 4 is 54.9 Å². The SMILES string of the molecule is CCS(=O)(=O)Nc1ccc2c(c1)/C(=C/c1ccc(Br)cc1)C(=O)N2. The topological polar surface area (TPSA) is 75.3 Å². The van der Waals surface area contributed by atoms with Crippen LogP contribution in [-0.2, 0) is 14.8 Å². The summed E-state index contributed by atoms with van der Waals surface area (Å²) in [6, 6.07) is 12.6. The molecule has 1 amide bonds. The van der Waals surface area contributed by atoms with Gasteiger partial charge in [0.1, 0.15) is 0 Å². The highest BCUT2D eigenvalue weighted by Crippen LogP contribution is 2.35. The Morgan fingerprint density at radius 3 is 2.54 bits per heavy atom. The van der Waals surface area contributed by atoms with E-state index in [2.05, 4.69) is 26.0 Å². The highest BCUT2D eigenvalue weighted by atomic mass is 79.9. The third kappa shape index (κ3) is 3.52. The number of fused-ring (bicyclic) bond motifs is 1. The second-order valence-corrected chi connectivity index (χ2v) is 8.26. The first-order chi connectivity index (χ1) is 11.4. The lowest BCUT2D eigenvalue weighted by molar-refractivity contribution is -0.110. The summed E-state index contributed by atoms with van der Waals surface area (Å²) in [5.41, 5.74) is 3.18. The standard InChI is InChI=1S/C17H15BrN2O3S/c1-2-24(22,23)20-13-7-8-16-14(10-13)15(17(21)19-16)9-11-3-5-12(18)6-4-11/h3-10,20H,2H2,1H3,(H,19,21)/b15-9-. The fourth-order valence-electron chi connectivity index (χ4n) is 2.37. The van der Waals surface area contributed by atoms with Gasteiger partial charge < -0.3 is 5.32 Å². The number of hydrogen-bond donors (Lipinski definition) is 2. The van der Waals surface area contributed by atoms with Crippen LogP contribution in [0.4, 0.5) is 11.4 Å². The molecule has 1 aliphatic heterocycles. The Bertz CT molecular complexity index is 935. The van der Waals surface area contributed by atoms with Crippen LogP contribution in [0.25, 0.3) is 11.6 Å². The Kier molecular flexibility index (Phi) is 4.47. The van der Waals surface area contributed by atoms with Crippen LogP contribution in [0.2, 0.25) is 0 Å². The summed E-state index contributed by atoms with van der Waals surface area (Å²) in [5.74, 6) is -0.216. The van der Waals surface area contributed by atoms with Crippen molar-refractivity contribution in [3.63, 3.8) is 0 Å². The fourth-order valence-corrected chi connectivity index (χ4v) is 3.27. The highest BCUT2D eigenvalue weighted by molar-refractivity contribution is 9.10. The van der Waals surface area contributed by atoms with Crippen LogP contribution in [0.5, 0.6) is 0 Å². The van der Waals surface area contributed by atoms with Crippen molar-refractivity contribution in [1.82, 2.24) is 0 Å². The summed E-state index contributed by atoms with van der Waals surface area (Å²) in [7, 11) is -3.36. The number of nitrogens with one attached hydrogen (secondary N) is 2. The number of carbonyl (C=O) groups excluding carboxylic acids is 1. The van der Waals surface area contributed by atoms with E-state index in [1.165, 1.54) is 0 Å². The molecule has 124 valence electrons. The van der Waals surface area contributed by atoms with E-state index >= 15 is 0 Å². The second-order valence-electron chi connectivity index (χ2n) is 5.33. The molecule has 2 aromatic rings. The van der Waals surface area contributed by atoms with Crippen molar-refractivity contribution in [2.45, 2.75) is 6.92 Å². The lowest BCUT2D eigenvalue weighted by atomic mass is 10.0. The van der Waals surface area contributed by atoms with E-state index in [0.717, 1.165) is 10.0 Å². The Labute approximate surface area is 149 Å². The van der Waals surface area contributed by atoms with Gasteiger partial charge in [-0.25, -0.2) is 8.42 Å². The maximum atomic E-state index is 12.2. The predicted molar refractivity (Wildman–Crippen MR) is 100 cm³/mol. The van der Waals surface area contributed by atoms with Crippen LogP contribution in [0.1, 0.15) is 18.1 Å². The van der Waals surface area contributed by atoms with E-state index in [0.29, 0.717) is 22.5 Å². The molecule has 3 rings (SSSR count). The van der Waals surface area contributed by atoms with Crippen LogP contribution in [0.3, 0.4) is 0 Å². The van der Waals surface area contributed by atoms with Crippen molar-refractivity contribution < 1.29 is 13.2 Å². The zero-order valence-electron chi connectivity index (χ0n) is 12.8. The molecule has 0 atom stereocenters. The van der Waals surface area contributed by atoms with Gasteiger partial charge in [-0.15, -0.1) is 0 Å². The Balaban J connectivity index is 2.00. The van der Waals surface area contributed by atoms with Crippen molar-refractivity contribution in [2.24, 2.45) is 0 Å². The largest absolute Gasteiger partial charge is 0.321 e. The van der Waals surface area contributed by atoms with Gasteiger partial charge in [0.05, 0.1) is 5.75 Å². The van der Waals surface area contributed by atoms with Crippen LogP contribution < -0.4 is 10.0 Å². The normalized spacial score (nSPS) is 15.2. The van der Waals surface area contributed by atoms with E-state index in [1.54, 1.807) is 31.2 Å². The zero-order chi connectivity index (χ0) is 17.3. The average molecular weight is 407 g/mol. The molecule has 0 spiro atoms. The molecule has 0 saturated carbocycles. The van der Waals surface area contributed by atoms with Crippen molar-refractivity contribution in [3.05, 3.63) is 58.1 Å². The van der Waals surface area contributed by atoms with E-state index in [9.17, 15) is 13.2 Å². The molecule has 24 heavy (non-hydrogen) atoms. The summed E-state index contributed by atoms with van der Waals surface area (Å²) >= 11 is 3.37. The highest BCUT2D eigenvalue weighted by Gasteiger charge is 2.24. The lowest BCUT2D eigenvalue weighted by Crippen LogP contribution is -2.14. The van der Waals surface area contributed by atoms with E-state index in [-0.39, 0.29) is 11.7 Å². The Morgan fingerprint density at radius 2 is 1.88 bits per heavy atom. The number of sulfonamides is 1. The van der Waals surface area contributed by atoms with Crippen molar-refractivity contribution in [1.29, 1.82) is 0 Å². The van der Waals surface area contributed by atoms with Gasteiger partial charge in [-0.05, 0) is 48.9 Å². The molecule has 0 radical (unpaired) electrons. The first kappa shape index (κ1) is 16.7. The molecule has 0 bridgehead atoms. The zero-order valence-corrected chi connectivity index (χ0v) is 15.2. The summed E-state index contributed by atoms with van der Waals surface area (Å²) in [4.78, 5) is 12.2. The minimum Gasteiger partial charge on any atom is -0.321 e. The number of halogens is 1. The molecule has 0 unspecified atom stereocenters. The molecule has 7 heteroatoms. The van der Waals surface area contributed by atoms with Crippen LogP contribution >= 0.6 is 15.9 Å². The van der Waals surface area contributed by atoms with Gasteiger partial charge >= 0.3 is 0 Å². The van der Waals surface area contributed by atoms with E-state index in [1.807, 2.05) is 24.3 Å². The third-order valence-corrected chi connectivity index (χ3v) is 5.47. The number of carbonyl (C=O) groups is 1. The molecule has 2 aromatic carbocycles. The smallest absolute Gasteiger partial charge is 0.256 e. The predicted octanol–water partition coefficient (Wildman–Crippen LogP) is 3.70. The fraction of sp³-hybridized carbons (Fsp3) is 0.118. The molecule has 1 heterocycles. The van der Waals surface area contributed by atoms with Crippen LogP contribution in [0.15, 0.2) is 46.9 Å². The Morgan fingerprint density at radius 1 is 1.17 bits per heavy atom. The quantitative estimate of drug-likeness (QED) is 0.759. The monoisotopic (exact) mass is 406 g/mol. The lowest BCUT2D eigenvalue weighted by Gasteiger charge is -2.07. The summed E-state index contributed by atoms with van der Waals surface area (Å²) in [6.07, 6.45) is 1.78. The van der Waals surface area contributed by atoms with E-state index < -0.39 is 10.0 Å². The van der Waals surface area contributed by atoms with E-state index in [4.69, 9.17) is 0 Å². The van der Waals surface area contributed by atoms with Gasteiger partial charge in [0.2, 0.25) is 10.0 Å². The van der Waals surface area contributed by atoms with Gasteiger partial charge in [-0.3, -0.25) is 9.52 Å². The summed E-state index contributed by atoms with van der Waals surface area (Å²) in [6.45, 7) is 1.57. The van der Waals surface area contributed by atoms with Gasteiger partial charge in [0.15, 0.2) is 0 Å². The molecule has 2 N–H and O–H groups in total. The second kappa shape index (κ2) is 6.41. The number of amides is 1. The van der Waals surface area contributed by atoms with Crippen LogP contribution in [-0.4, -0.2) is 20.1 Å². The first-order valence-corrected chi connectivity index (χ1v) is 9.76. The number of hydrogen-bond acceptors (Lipinski definition) is 3. The van der Waals surface area contributed by atoms with Crippen LogP contribution in [0, 0.1) is 0 Å². The molecule has 0 saturated heterocycles. The minimum atomic E-state index is -3.36. The number of benzene rings is 2. The molecule has 1 aliphatic rings. The van der Waals surface area contributed by atoms with Gasteiger partial charge in [-0.1, -0.05) is 28.1 Å². The van der Waals surface area contributed by atoms with Gasteiger partial charge in [0, 0.05) is 27.0 Å². The first-order valence-electron chi connectivity index (χ1n) is 7.31. The maximum Gasteiger partial charge on any atom is 0.256 e. The molecule has 5 nitrogen and oxygen atoms in total. The molecular weight excluding hydrogens is 392 g/mol. The van der Waals surface area contributed by atoms with Gasteiger partial charge in [-0.2, -0.15) is 0 Å². The van der Waals surface area contributed by atoms with Crippen molar-refractivity contribution in [2.75, 3.05) is 15.8 Å². The molecule has 0 fully saturated rings. The average Bonchev–Trinajstić information content (AvgIpc) is 2.85. The molecular formula is C17H15BrN2O3S. The summed E-state index contributed by atoms with van der Waals surface area (Å²) < 4.78 is 26.9. The Hall–Kier alpha value is -2.12. The molecule has 0 aromatic heterocycles. The maximum absolute atomic E-state index is 12.2. The number of anilines is 2. The van der Waals surface area contributed by atoms with Gasteiger partial charge in [0.25, 0.3) is 5.91 Å².